The number of methoxy groups -OCH3 is 1. The maximum atomic E-state index is 12.8. The average molecular weight is 365 g/mol. The third kappa shape index (κ3) is 6.02. The van der Waals surface area contributed by atoms with Crippen molar-refractivity contribution in [2.75, 3.05) is 25.6 Å². The minimum atomic E-state index is -0.907. The van der Waals surface area contributed by atoms with Crippen LogP contribution in [0.4, 0.5) is 5.69 Å². The van der Waals surface area contributed by atoms with Gasteiger partial charge in [-0.1, -0.05) is 26.7 Å². The van der Waals surface area contributed by atoms with Gasteiger partial charge in [-0.05, 0) is 44.9 Å². The molecule has 0 aliphatic rings. The Morgan fingerprint density at radius 1 is 1.15 bits per heavy atom. The molecule has 6 nitrogen and oxygen atoms in total. The predicted molar refractivity (Wildman–Crippen MR) is 102 cm³/mol. The molecule has 146 valence electrons. The number of amides is 1. The van der Waals surface area contributed by atoms with Crippen LogP contribution in [-0.4, -0.2) is 37.8 Å². The van der Waals surface area contributed by atoms with Crippen LogP contribution in [0.5, 0.6) is 5.75 Å². The third-order valence-electron chi connectivity index (χ3n) is 4.06. The molecule has 0 fully saturated rings. The molecule has 0 spiro atoms. The summed E-state index contributed by atoms with van der Waals surface area (Å²) in [6.07, 6.45) is 3.35. The molecule has 0 aliphatic heterocycles. The fourth-order valence-electron chi connectivity index (χ4n) is 2.51. The van der Waals surface area contributed by atoms with Gasteiger partial charge in [-0.25, -0.2) is 4.79 Å². The number of carbonyl (C=O) groups excluding carboxylic acids is 2. The smallest absolute Gasteiger partial charge is 0.341 e. The highest BCUT2D eigenvalue weighted by Crippen LogP contribution is 2.26. The Morgan fingerprint density at radius 3 is 2.46 bits per heavy atom. The summed E-state index contributed by atoms with van der Waals surface area (Å²) in [4.78, 5) is 24.8. The number of esters is 1. The van der Waals surface area contributed by atoms with Gasteiger partial charge in [0.1, 0.15) is 16.9 Å². The normalized spacial score (nSPS) is 13.0. The van der Waals surface area contributed by atoms with Gasteiger partial charge in [-0.3, -0.25) is 4.79 Å². The minimum absolute atomic E-state index is 0.223. The number of carbonyl (C=O) groups is 2. The van der Waals surface area contributed by atoms with E-state index in [2.05, 4.69) is 12.2 Å². The molecule has 0 saturated heterocycles. The SMILES string of the molecule is CCCC[C@@](C)(OCCC)C(=O)Nc1ccc(OCC)c(C(=O)OC)c1. The molecule has 0 bridgehead atoms. The first-order valence-corrected chi connectivity index (χ1v) is 9.22. The summed E-state index contributed by atoms with van der Waals surface area (Å²) in [5.74, 6) is -0.312. The van der Waals surface area contributed by atoms with Crippen molar-refractivity contribution >= 4 is 17.6 Å². The van der Waals surface area contributed by atoms with Crippen molar-refractivity contribution in [3.63, 3.8) is 0 Å². The first-order chi connectivity index (χ1) is 12.4. The molecule has 0 aromatic heterocycles. The third-order valence-corrected chi connectivity index (χ3v) is 4.06. The fraction of sp³-hybridized carbons (Fsp3) is 0.600. The second-order valence-electron chi connectivity index (χ2n) is 6.27. The highest BCUT2D eigenvalue weighted by molar-refractivity contribution is 5.99. The number of ether oxygens (including phenoxy) is 3. The molecule has 1 rings (SSSR count). The van der Waals surface area contributed by atoms with Crippen LogP contribution in [0.2, 0.25) is 0 Å². The van der Waals surface area contributed by atoms with Gasteiger partial charge < -0.3 is 19.5 Å². The van der Waals surface area contributed by atoms with Crippen LogP contribution >= 0.6 is 0 Å². The van der Waals surface area contributed by atoms with Crippen LogP contribution < -0.4 is 10.1 Å². The Morgan fingerprint density at radius 2 is 1.88 bits per heavy atom. The summed E-state index contributed by atoms with van der Waals surface area (Å²) in [5, 5.41) is 2.86. The number of anilines is 1. The molecule has 0 saturated carbocycles. The zero-order valence-corrected chi connectivity index (χ0v) is 16.5. The number of hydrogen-bond acceptors (Lipinski definition) is 5. The molecule has 1 N–H and O–H groups in total. The Balaban J connectivity index is 3.03. The Bertz CT molecular complexity index is 592. The van der Waals surface area contributed by atoms with Gasteiger partial charge in [0.05, 0.1) is 13.7 Å². The predicted octanol–water partition coefficient (Wildman–Crippen LogP) is 4.19. The molecule has 0 aliphatic carbocycles. The molecule has 0 radical (unpaired) electrons. The van der Waals surface area contributed by atoms with E-state index in [1.807, 2.05) is 20.8 Å². The first kappa shape index (κ1) is 22.0. The van der Waals surface area contributed by atoms with E-state index in [0.717, 1.165) is 19.3 Å². The van der Waals surface area contributed by atoms with Gasteiger partial charge in [0.2, 0.25) is 0 Å². The highest BCUT2D eigenvalue weighted by atomic mass is 16.5. The Kier molecular flexibility index (Phi) is 9.13. The van der Waals surface area contributed by atoms with E-state index in [9.17, 15) is 9.59 Å². The standard InChI is InChI=1S/C20H31NO5/c1-6-9-12-20(4,26-13-7-2)19(23)21-15-10-11-17(25-8-3)16(14-15)18(22)24-5/h10-11,14H,6-9,12-13H2,1-5H3,(H,21,23)/t20-/m1/s1. The van der Waals surface area contributed by atoms with Gasteiger partial charge in [0.25, 0.3) is 5.91 Å². The highest BCUT2D eigenvalue weighted by Gasteiger charge is 2.33. The van der Waals surface area contributed by atoms with Crippen molar-refractivity contribution in [2.45, 2.75) is 59.0 Å². The second-order valence-corrected chi connectivity index (χ2v) is 6.27. The second kappa shape index (κ2) is 10.8. The van der Waals surface area contributed by atoms with Crippen molar-refractivity contribution in [1.82, 2.24) is 0 Å². The molecule has 1 aromatic rings. The van der Waals surface area contributed by atoms with Gasteiger partial charge >= 0.3 is 5.97 Å². The zero-order chi connectivity index (χ0) is 19.6. The maximum absolute atomic E-state index is 12.8. The molecule has 6 heteroatoms. The zero-order valence-electron chi connectivity index (χ0n) is 16.5. The van der Waals surface area contributed by atoms with Crippen molar-refractivity contribution in [2.24, 2.45) is 0 Å². The maximum Gasteiger partial charge on any atom is 0.341 e. The average Bonchev–Trinajstić information content (AvgIpc) is 2.65. The number of hydrogen-bond donors (Lipinski definition) is 1. The molecule has 1 atom stereocenters. The fourth-order valence-corrected chi connectivity index (χ4v) is 2.51. The van der Waals surface area contributed by atoms with Gasteiger partial charge in [0.15, 0.2) is 0 Å². The summed E-state index contributed by atoms with van der Waals surface area (Å²) >= 11 is 0. The van der Waals surface area contributed by atoms with Crippen LogP contribution in [0.15, 0.2) is 18.2 Å². The lowest BCUT2D eigenvalue weighted by Crippen LogP contribution is -2.43. The van der Waals surface area contributed by atoms with Crippen LogP contribution in [0.3, 0.4) is 0 Å². The number of unbranched alkanes of at least 4 members (excludes halogenated alkanes) is 1. The van der Waals surface area contributed by atoms with Crippen molar-refractivity contribution in [1.29, 1.82) is 0 Å². The van der Waals surface area contributed by atoms with E-state index in [-0.39, 0.29) is 11.5 Å². The van der Waals surface area contributed by atoms with E-state index >= 15 is 0 Å². The molecular weight excluding hydrogens is 334 g/mol. The molecule has 0 unspecified atom stereocenters. The van der Waals surface area contributed by atoms with E-state index < -0.39 is 11.6 Å². The summed E-state index contributed by atoms with van der Waals surface area (Å²) in [5.41, 5.74) is -0.130. The number of benzene rings is 1. The van der Waals surface area contributed by atoms with Gasteiger partial charge in [-0.15, -0.1) is 0 Å². The van der Waals surface area contributed by atoms with Crippen LogP contribution in [-0.2, 0) is 14.3 Å². The largest absolute Gasteiger partial charge is 0.493 e. The quantitative estimate of drug-likeness (QED) is 0.595. The van der Waals surface area contributed by atoms with Gasteiger partial charge in [-0.2, -0.15) is 0 Å². The van der Waals surface area contributed by atoms with E-state index in [0.29, 0.717) is 31.1 Å². The van der Waals surface area contributed by atoms with Crippen LogP contribution in [0.1, 0.15) is 63.7 Å². The van der Waals surface area contributed by atoms with Crippen LogP contribution in [0, 0.1) is 0 Å². The molecular formula is C20H31NO5. The van der Waals surface area contributed by atoms with Crippen LogP contribution in [0.25, 0.3) is 0 Å². The van der Waals surface area contributed by atoms with E-state index in [1.54, 1.807) is 18.2 Å². The molecule has 1 aromatic carbocycles. The summed E-state index contributed by atoms with van der Waals surface area (Å²) in [6.45, 7) is 8.67. The van der Waals surface area contributed by atoms with E-state index in [1.165, 1.54) is 7.11 Å². The lowest BCUT2D eigenvalue weighted by atomic mass is 9.97. The number of nitrogens with one attached hydrogen (secondary N) is 1. The van der Waals surface area contributed by atoms with Crippen molar-refractivity contribution in [3.8, 4) is 5.75 Å². The van der Waals surface area contributed by atoms with Crippen molar-refractivity contribution < 1.29 is 23.8 Å². The van der Waals surface area contributed by atoms with E-state index in [4.69, 9.17) is 14.2 Å². The summed E-state index contributed by atoms with van der Waals surface area (Å²) < 4.78 is 16.1. The Labute approximate surface area is 156 Å². The monoisotopic (exact) mass is 365 g/mol. The minimum Gasteiger partial charge on any atom is -0.493 e. The molecule has 26 heavy (non-hydrogen) atoms. The number of rotatable bonds is 11. The summed E-state index contributed by atoms with van der Waals surface area (Å²) in [7, 11) is 1.31. The first-order valence-electron chi connectivity index (χ1n) is 9.22. The molecule has 1 amide bonds. The van der Waals surface area contributed by atoms with Gasteiger partial charge in [0, 0.05) is 12.3 Å². The molecule has 0 heterocycles. The van der Waals surface area contributed by atoms with Crippen molar-refractivity contribution in [3.05, 3.63) is 23.8 Å². The lowest BCUT2D eigenvalue weighted by Gasteiger charge is -2.28. The lowest BCUT2D eigenvalue weighted by molar-refractivity contribution is -0.140. The summed E-state index contributed by atoms with van der Waals surface area (Å²) in [6, 6.07) is 4.92. The topological polar surface area (TPSA) is 73.9 Å². The Hall–Kier alpha value is -2.08.